The summed E-state index contributed by atoms with van der Waals surface area (Å²) in [6.07, 6.45) is 0.882. The van der Waals surface area contributed by atoms with E-state index in [9.17, 15) is 13.2 Å². The van der Waals surface area contributed by atoms with Crippen LogP contribution in [0.25, 0.3) is 0 Å². The number of halogens is 3. The van der Waals surface area contributed by atoms with Gasteiger partial charge in [-0.3, -0.25) is 0 Å². The number of benzene rings is 1. The molecule has 0 heterocycles. The van der Waals surface area contributed by atoms with Gasteiger partial charge in [0, 0.05) is 17.7 Å². The monoisotopic (exact) mass is 229 g/mol. The molecule has 0 saturated heterocycles. The molecule has 16 heavy (non-hydrogen) atoms. The van der Waals surface area contributed by atoms with Gasteiger partial charge >= 0.3 is 0 Å². The predicted octanol–water partition coefficient (Wildman–Crippen LogP) is 3.15. The van der Waals surface area contributed by atoms with Gasteiger partial charge in [0.25, 0.3) is 0 Å². The maximum Gasteiger partial charge on any atom is 0.161 e. The van der Waals surface area contributed by atoms with Gasteiger partial charge in [-0.25, -0.2) is 13.2 Å². The van der Waals surface area contributed by atoms with Crippen LogP contribution in [0.1, 0.15) is 31.9 Å². The van der Waals surface area contributed by atoms with Gasteiger partial charge in [0.2, 0.25) is 0 Å². The zero-order valence-corrected chi connectivity index (χ0v) is 9.23. The maximum atomic E-state index is 13.4. The Hall–Kier alpha value is -1.03. The zero-order chi connectivity index (χ0) is 12.1. The Bertz CT molecular complexity index is 429. The number of nitrogens with two attached hydrogens (primary N) is 1. The first-order chi connectivity index (χ1) is 7.33. The molecule has 88 valence electrons. The van der Waals surface area contributed by atoms with Gasteiger partial charge in [-0.1, -0.05) is 13.8 Å². The summed E-state index contributed by atoms with van der Waals surface area (Å²) in [7, 11) is 0. The van der Waals surface area contributed by atoms with E-state index in [1.54, 1.807) is 0 Å². The third-order valence-corrected chi connectivity index (χ3v) is 3.42. The van der Waals surface area contributed by atoms with Gasteiger partial charge in [0.1, 0.15) is 5.82 Å². The Morgan fingerprint density at radius 2 is 1.69 bits per heavy atom. The average molecular weight is 229 g/mol. The lowest BCUT2D eigenvalue weighted by atomic mass is 9.97. The number of hydrogen-bond donors (Lipinski definition) is 1. The molecule has 1 aliphatic carbocycles. The molecule has 1 saturated carbocycles. The highest BCUT2D eigenvalue weighted by atomic mass is 19.2. The summed E-state index contributed by atoms with van der Waals surface area (Å²) < 4.78 is 39.2. The minimum atomic E-state index is -1.18. The van der Waals surface area contributed by atoms with Crippen molar-refractivity contribution in [3.8, 4) is 0 Å². The van der Waals surface area contributed by atoms with E-state index < -0.39 is 23.5 Å². The molecule has 1 aromatic carbocycles. The molecule has 0 aromatic heterocycles. The SMILES string of the molecule is CC1(C)CC1C(N)c1cc(F)c(F)cc1F. The summed E-state index contributed by atoms with van der Waals surface area (Å²) >= 11 is 0. The smallest absolute Gasteiger partial charge is 0.161 e. The van der Waals surface area contributed by atoms with Crippen molar-refractivity contribution in [2.45, 2.75) is 26.3 Å². The third kappa shape index (κ3) is 1.82. The predicted molar refractivity (Wildman–Crippen MR) is 55.1 cm³/mol. The molecule has 0 amide bonds. The molecule has 2 atom stereocenters. The summed E-state index contributed by atoms with van der Waals surface area (Å²) in [4.78, 5) is 0. The van der Waals surface area contributed by atoms with E-state index in [-0.39, 0.29) is 16.9 Å². The van der Waals surface area contributed by atoms with E-state index in [0.717, 1.165) is 12.5 Å². The lowest BCUT2D eigenvalue weighted by molar-refractivity contribution is 0.454. The van der Waals surface area contributed by atoms with Crippen LogP contribution >= 0.6 is 0 Å². The van der Waals surface area contributed by atoms with Crippen molar-refractivity contribution in [2.24, 2.45) is 17.1 Å². The molecule has 0 aliphatic heterocycles. The summed E-state index contributed by atoms with van der Waals surface area (Å²) in [5.41, 5.74) is 6.00. The van der Waals surface area contributed by atoms with Crippen LogP contribution in [0.15, 0.2) is 12.1 Å². The fourth-order valence-corrected chi connectivity index (χ4v) is 2.13. The highest BCUT2D eigenvalue weighted by Gasteiger charge is 2.49. The van der Waals surface area contributed by atoms with Crippen LogP contribution in [0.3, 0.4) is 0 Å². The highest BCUT2D eigenvalue weighted by molar-refractivity contribution is 5.26. The topological polar surface area (TPSA) is 26.0 Å². The Kier molecular flexibility index (Phi) is 2.49. The first-order valence-corrected chi connectivity index (χ1v) is 5.23. The Morgan fingerprint density at radius 3 is 2.19 bits per heavy atom. The molecular formula is C12H14F3N. The van der Waals surface area contributed by atoms with Crippen molar-refractivity contribution in [1.29, 1.82) is 0 Å². The molecule has 2 rings (SSSR count). The lowest BCUT2D eigenvalue weighted by Crippen LogP contribution is -2.17. The number of rotatable bonds is 2. The van der Waals surface area contributed by atoms with E-state index in [0.29, 0.717) is 6.07 Å². The van der Waals surface area contributed by atoms with E-state index in [1.165, 1.54) is 0 Å². The maximum absolute atomic E-state index is 13.4. The summed E-state index contributed by atoms with van der Waals surface area (Å²) in [5.74, 6) is -2.87. The van der Waals surface area contributed by atoms with Crippen molar-refractivity contribution in [3.63, 3.8) is 0 Å². The standard InChI is InChI=1S/C12H14F3N/c1-12(2)5-7(12)11(16)6-3-9(14)10(15)4-8(6)13/h3-4,7,11H,5,16H2,1-2H3. The Balaban J connectivity index is 2.31. The molecule has 1 nitrogen and oxygen atoms in total. The molecule has 1 fully saturated rings. The molecule has 0 radical (unpaired) electrons. The van der Waals surface area contributed by atoms with Gasteiger partial charge in [0.05, 0.1) is 0 Å². The number of hydrogen-bond acceptors (Lipinski definition) is 1. The van der Waals surface area contributed by atoms with Crippen LogP contribution in [-0.2, 0) is 0 Å². The van der Waals surface area contributed by atoms with E-state index >= 15 is 0 Å². The zero-order valence-electron chi connectivity index (χ0n) is 9.23. The first-order valence-electron chi connectivity index (χ1n) is 5.23. The van der Waals surface area contributed by atoms with Gasteiger partial charge < -0.3 is 5.73 Å². The fourth-order valence-electron chi connectivity index (χ4n) is 2.13. The molecule has 0 spiro atoms. The second-order valence-electron chi connectivity index (χ2n) is 5.11. The lowest BCUT2D eigenvalue weighted by Gasteiger charge is -2.15. The highest BCUT2D eigenvalue weighted by Crippen LogP contribution is 2.57. The van der Waals surface area contributed by atoms with Crippen LogP contribution < -0.4 is 5.73 Å². The summed E-state index contributed by atoms with van der Waals surface area (Å²) in [5, 5.41) is 0. The molecule has 2 N–H and O–H groups in total. The van der Waals surface area contributed by atoms with Crippen LogP contribution in [0.4, 0.5) is 13.2 Å². The quantitative estimate of drug-likeness (QED) is 0.774. The molecule has 1 aliphatic rings. The van der Waals surface area contributed by atoms with Crippen LogP contribution in [0.5, 0.6) is 0 Å². The average Bonchev–Trinajstić information content (AvgIpc) is 2.80. The third-order valence-electron chi connectivity index (χ3n) is 3.42. The minimum Gasteiger partial charge on any atom is -0.324 e. The molecule has 2 unspecified atom stereocenters. The van der Waals surface area contributed by atoms with E-state index in [1.807, 2.05) is 13.8 Å². The van der Waals surface area contributed by atoms with Crippen molar-refractivity contribution in [3.05, 3.63) is 35.1 Å². The fraction of sp³-hybridized carbons (Fsp3) is 0.500. The molecule has 0 bridgehead atoms. The largest absolute Gasteiger partial charge is 0.324 e. The van der Waals surface area contributed by atoms with Gasteiger partial charge in [-0.15, -0.1) is 0 Å². The minimum absolute atomic E-state index is 0.0643. The molecular weight excluding hydrogens is 215 g/mol. The second-order valence-corrected chi connectivity index (χ2v) is 5.11. The van der Waals surface area contributed by atoms with Crippen LogP contribution in [0, 0.1) is 28.8 Å². The first kappa shape index (κ1) is 11.5. The Morgan fingerprint density at radius 1 is 1.19 bits per heavy atom. The van der Waals surface area contributed by atoms with Crippen molar-refractivity contribution in [1.82, 2.24) is 0 Å². The van der Waals surface area contributed by atoms with E-state index in [2.05, 4.69) is 0 Å². The van der Waals surface area contributed by atoms with Crippen molar-refractivity contribution >= 4 is 0 Å². The summed E-state index contributed by atoms with van der Waals surface area (Å²) in [6.45, 7) is 4.05. The van der Waals surface area contributed by atoms with Gasteiger partial charge in [-0.2, -0.15) is 0 Å². The van der Waals surface area contributed by atoms with Gasteiger partial charge in [-0.05, 0) is 23.8 Å². The molecule has 4 heteroatoms. The van der Waals surface area contributed by atoms with Crippen LogP contribution in [-0.4, -0.2) is 0 Å². The van der Waals surface area contributed by atoms with Crippen LogP contribution in [0.2, 0.25) is 0 Å². The normalized spacial score (nSPS) is 24.2. The second kappa shape index (κ2) is 3.48. The van der Waals surface area contributed by atoms with E-state index in [4.69, 9.17) is 5.73 Å². The Labute approximate surface area is 92.5 Å². The van der Waals surface area contributed by atoms with Crippen molar-refractivity contribution < 1.29 is 13.2 Å². The van der Waals surface area contributed by atoms with Gasteiger partial charge in [0.15, 0.2) is 11.6 Å². The summed E-state index contributed by atoms with van der Waals surface area (Å²) in [6, 6.07) is 0.856. The molecule has 1 aromatic rings. The van der Waals surface area contributed by atoms with Crippen molar-refractivity contribution in [2.75, 3.05) is 0 Å².